The number of aromatic nitrogens is 1. The number of amides is 1. The van der Waals surface area contributed by atoms with Crippen LogP contribution < -0.4 is 4.90 Å². The van der Waals surface area contributed by atoms with Crippen LogP contribution in [0.2, 0.25) is 5.02 Å². The van der Waals surface area contributed by atoms with E-state index in [9.17, 15) is 14.7 Å². The minimum Gasteiger partial charge on any atom is -0.503 e. The largest absolute Gasteiger partial charge is 0.503 e. The number of ketones is 1. The van der Waals surface area contributed by atoms with Gasteiger partial charge < -0.3 is 5.11 Å². The Kier molecular flexibility index (Phi) is 4.83. The summed E-state index contributed by atoms with van der Waals surface area (Å²) in [6.45, 7) is 5.28. The fourth-order valence-corrected chi connectivity index (χ4v) is 3.30. The number of benzene rings is 1. The number of carbonyl (C=O) groups is 2. The summed E-state index contributed by atoms with van der Waals surface area (Å²) in [5.74, 6) is -1.74. The maximum absolute atomic E-state index is 12.9. The number of anilines is 1. The molecule has 2 aromatic rings. The van der Waals surface area contributed by atoms with E-state index in [1.807, 2.05) is 0 Å². The van der Waals surface area contributed by atoms with E-state index in [-0.39, 0.29) is 17.3 Å². The average Bonchev–Trinajstić information content (AvgIpc) is 2.89. The van der Waals surface area contributed by atoms with Crippen LogP contribution in [0.3, 0.4) is 0 Å². The molecule has 0 spiro atoms. The van der Waals surface area contributed by atoms with Crippen molar-refractivity contribution in [3.63, 3.8) is 0 Å². The molecule has 2 heterocycles. The first-order chi connectivity index (χ1) is 12.3. The van der Waals surface area contributed by atoms with Crippen molar-refractivity contribution in [3.05, 3.63) is 70.2 Å². The van der Waals surface area contributed by atoms with E-state index in [1.54, 1.807) is 63.5 Å². The van der Waals surface area contributed by atoms with E-state index in [4.69, 9.17) is 11.6 Å². The Balaban J connectivity index is 2.23. The predicted octanol–water partition coefficient (Wildman–Crippen LogP) is 4.17. The molecule has 5 nitrogen and oxygen atoms in total. The lowest BCUT2D eigenvalue weighted by Gasteiger charge is -2.28. The normalized spacial score (nSPS) is 17.3. The third-order valence-electron chi connectivity index (χ3n) is 4.52. The van der Waals surface area contributed by atoms with Gasteiger partial charge in [0.2, 0.25) is 0 Å². The van der Waals surface area contributed by atoms with E-state index in [1.165, 1.54) is 4.90 Å². The van der Waals surface area contributed by atoms with E-state index in [0.29, 0.717) is 21.8 Å². The van der Waals surface area contributed by atoms with Gasteiger partial charge in [0, 0.05) is 29.0 Å². The van der Waals surface area contributed by atoms with Crippen LogP contribution in [0.5, 0.6) is 0 Å². The lowest BCUT2D eigenvalue weighted by molar-refractivity contribution is -0.119. The number of Topliss-reactive ketones (excluding diaryl/α,β-unsaturated/α-hetero) is 1. The molecule has 1 unspecified atom stereocenters. The molecule has 1 aromatic heterocycles. The molecule has 0 saturated heterocycles. The highest BCUT2D eigenvalue weighted by Gasteiger charge is 2.45. The molecule has 1 amide bonds. The molecule has 0 bridgehead atoms. The van der Waals surface area contributed by atoms with Crippen molar-refractivity contribution < 1.29 is 14.7 Å². The van der Waals surface area contributed by atoms with Crippen LogP contribution in [-0.4, -0.2) is 21.8 Å². The van der Waals surface area contributed by atoms with E-state index < -0.39 is 17.7 Å². The number of rotatable bonds is 4. The lowest BCUT2D eigenvalue weighted by atomic mass is 9.91. The summed E-state index contributed by atoms with van der Waals surface area (Å²) >= 11 is 6.23. The topological polar surface area (TPSA) is 70.5 Å². The number of hydrogen-bond acceptors (Lipinski definition) is 4. The maximum Gasteiger partial charge on any atom is 0.294 e. The Labute approximate surface area is 156 Å². The van der Waals surface area contributed by atoms with Crippen molar-refractivity contribution in [2.75, 3.05) is 4.90 Å². The minimum absolute atomic E-state index is 0.107. The van der Waals surface area contributed by atoms with Gasteiger partial charge in [-0.3, -0.25) is 19.5 Å². The van der Waals surface area contributed by atoms with Crippen LogP contribution in [0.1, 0.15) is 31.0 Å². The molecule has 1 aliphatic rings. The molecule has 0 radical (unpaired) electrons. The van der Waals surface area contributed by atoms with Gasteiger partial charge in [0.05, 0.1) is 11.6 Å². The first kappa shape index (κ1) is 18.1. The summed E-state index contributed by atoms with van der Waals surface area (Å²) in [5.41, 5.74) is 2.06. The smallest absolute Gasteiger partial charge is 0.294 e. The molecular formula is C20H19ClN2O3. The van der Waals surface area contributed by atoms with Gasteiger partial charge in [-0.1, -0.05) is 31.5 Å². The molecule has 1 aromatic carbocycles. The molecule has 6 heteroatoms. The second-order valence-corrected chi connectivity index (χ2v) is 6.93. The summed E-state index contributed by atoms with van der Waals surface area (Å²) in [4.78, 5) is 31.1. The second kappa shape index (κ2) is 6.92. The standard InChI is InChI=1S/C20H19ClN2O3/c1-11(2)18(24)16-17(13-7-9-22-10-8-13)23(20(26)19(16)25)15-6-4-5-14(21)12(15)3/h4-11,17,25H,1-3H3. The number of aliphatic hydroxyl groups is 1. The monoisotopic (exact) mass is 370 g/mol. The van der Waals surface area contributed by atoms with Crippen molar-refractivity contribution in [3.8, 4) is 0 Å². The number of halogens is 1. The fraction of sp³-hybridized carbons (Fsp3) is 0.250. The number of nitrogens with zero attached hydrogens (tertiary/aromatic N) is 2. The zero-order valence-electron chi connectivity index (χ0n) is 14.7. The van der Waals surface area contributed by atoms with Gasteiger partial charge in [-0.2, -0.15) is 0 Å². The Morgan fingerprint density at radius 3 is 2.50 bits per heavy atom. The summed E-state index contributed by atoms with van der Waals surface area (Å²) < 4.78 is 0. The first-order valence-electron chi connectivity index (χ1n) is 8.30. The van der Waals surface area contributed by atoms with Crippen LogP contribution in [-0.2, 0) is 9.59 Å². The van der Waals surface area contributed by atoms with Crippen LogP contribution >= 0.6 is 11.6 Å². The van der Waals surface area contributed by atoms with Crippen LogP contribution in [0.4, 0.5) is 5.69 Å². The van der Waals surface area contributed by atoms with E-state index in [2.05, 4.69) is 4.98 Å². The number of hydrogen-bond donors (Lipinski definition) is 1. The van der Waals surface area contributed by atoms with Crippen LogP contribution in [0, 0.1) is 12.8 Å². The quantitative estimate of drug-likeness (QED) is 0.876. The highest BCUT2D eigenvalue weighted by molar-refractivity contribution is 6.32. The van der Waals surface area contributed by atoms with Gasteiger partial charge in [0.1, 0.15) is 0 Å². The van der Waals surface area contributed by atoms with Gasteiger partial charge in [-0.05, 0) is 42.3 Å². The van der Waals surface area contributed by atoms with Gasteiger partial charge in [-0.15, -0.1) is 0 Å². The summed E-state index contributed by atoms with van der Waals surface area (Å²) in [6, 6.07) is 7.96. The second-order valence-electron chi connectivity index (χ2n) is 6.52. The maximum atomic E-state index is 12.9. The zero-order chi connectivity index (χ0) is 19.0. The van der Waals surface area contributed by atoms with Crippen LogP contribution in [0.15, 0.2) is 54.1 Å². The zero-order valence-corrected chi connectivity index (χ0v) is 15.5. The van der Waals surface area contributed by atoms with Crippen molar-refractivity contribution in [2.45, 2.75) is 26.8 Å². The third-order valence-corrected chi connectivity index (χ3v) is 4.93. The first-order valence-corrected chi connectivity index (χ1v) is 8.68. The Morgan fingerprint density at radius 2 is 1.88 bits per heavy atom. The number of carbonyl (C=O) groups excluding carboxylic acids is 2. The predicted molar refractivity (Wildman–Crippen MR) is 100 cm³/mol. The van der Waals surface area contributed by atoms with Gasteiger partial charge in [0.15, 0.2) is 11.5 Å². The third kappa shape index (κ3) is 2.88. The molecule has 1 aliphatic heterocycles. The number of pyridine rings is 1. The van der Waals surface area contributed by atoms with Gasteiger partial charge in [0.25, 0.3) is 5.91 Å². The number of aliphatic hydroxyl groups excluding tert-OH is 1. The molecular weight excluding hydrogens is 352 g/mol. The van der Waals surface area contributed by atoms with Gasteiger partial charge in [-0.25, -0.2) is 0 Å². The van der Waals surface area contributed by atoms with E-state index >= 15 is 0 Å². The van der Waals surface area contributed by atoms with Crippen molar-refractivity contribution in [2.24, 2.45) is 5.92 Å². The van der Waals surface area contributed by atoms with Crippen molar-refractivity contribution in [1.82, 2.24) is 4.98 Å². The molecule has 0 aliphatic carbocycles. The molecule has 3 rings (SSSR count). The van der Waals surface area contributed by atoms with Crippen molar-refractivity contribution >= 4 is 29.0 Å². The van der Waals surface area contributed by atoms with Crippen LogP contribution in [0.25, 0.3) is 0 Å². The Morgan fingerprint density at radius 1 is 1.23 bits per heavy atom. The summed E-state index contributed by atoms with van der Waals surface area (Å²) in [5, 5.41) is 11.0. The van der Waals surface area contributed by atoms with Gasteiger partial charge >= 0.3 is 0 Å². The molecule has 134 valence electrons. The summed E-state index contributed by atoms with van der Waals surface area (Å²) in [6.07, 6.45) is 3.19. The molecule has 0 fully saturated rings. The molecule has 1 atom stereocenters. The highest BCUT2D eigenvalue weighted by Crippen LogP contribution is 2.43. The Bertz CT molecular complexity index is 907. The molecule has 1 N–H and O–H groups in total. The Hall–Kier alpha value is -2.66. The molecule has 0 saturated carbocycles. The molecule has 26 heavy (non-hydrogen) atoms. The summed E-state index contributed by atoms with van der Waals surface area (Å²) in [7, 11) is 0. The van der Waals surface area contributed by atoms with Crippen molar-refractivity contribution in [1.29, 1.82) is 0 Å². The SMILES string of the molecule is Cc1c(Cl)cccc1N1C(=O)C(O)=C(C(=O)C(C)C)C1c1ccncc1. The minimum atomic E-state index is -0.724. The lowest BCUT2D eigenvalue weighted by Crippen LogP contribution is -2.32. The highest BCUT2D eigenvalue weighted by atomic mass is 35.5. The van der Waals surface area contributed by atoms with E-state index in [0.717, 1.165) is 0 Å². The average molecular weight is 371 g/mol. The fourth-order valence-electron chi connectivity index (χ4n) is 3.13.